The lowest BCUT2D eigenvalue weighted by molar-refractivity contribution is -0.151. The van der Waals surface area contributed by atoms with Crippen molar-refractivity contribution >= 4 is 49.9 Å². The van der Waals surface area contributed by atoms with Crippen molar-refractivity contribution < 1.29 is 22.7 Å². The summed E-state index contributed by atoms with van der Waals surface area (Å²) in [6.45, 7) is 1.76. The van der Waals surface area contributed by atoms with Crippen LogP contribution in [0, 0.1) is 6.92 Å². The Morgan fingerprint density at radius 3 is 2.54 bits per heavy atom. The molecule has 1 aliphatic rings. The summed E-state index contributed by atoms with van der Waals surface area (Å²) in [6, 6.07) is 12.7. The van der Waals surface area contributed by atoms with Gasteiger partial charge in [-0.3, -0.25) is 5.32 Å². The highest BCUT2D eigenvalue weighted by molar-refractivity contribution is 7.90. The molecule has 2 aromatic carbocycles. The highest BCUT2D eigenvalue weighted by Crippen LogP contribution is 2.35. The number of esters is 1. The molecule has 37 heavy (non-hydrogen) atoms. The third kappa shape index (κ3) is 7.09. The minimum absolute atomic E-state index is 0.0243. The Kier molecular flexibility index (Phi) is 8.51. The molecule has 1 atom stereocenters. The van der Waals surface area contributed by atoms with E-state index in [1.165, 1.54) is 23.5 Å². The standard InChI is InChI=1S/C26H28ClN3O5S2/c1-16-23(18-12-13-20(27)22(15-18)37(2,33)34)36-26(28-16)30-25(32)29-21(14-17-8-4-3-5-9-17)24(31)35-19-10-6-7-11-19/h3-5,8-9,12-13,15,19,21H,6-7,10-11,14H2,1-2H3,(H2,28,29,30,32)/t21-/m0/s1. The summed E-state index contributed by atoms with van der Waals surface area (Å²) in [5.41, 5.74) is 2.13. The maximum absolute atomic E-state index is 12.9. The third-order valence-electron chi connectivity index (χ3n) is 6.07. The van der Waals surface area contributed by atoms with Crippen molar-refractivity contribution in [1.29, 1.82) is 0 Å². The van der Waals surface area contributed by atoms with E-state index in [0.29, 0.717) is 27.7 Å². The average Bonchev–Trinajstić information content (AvgIpc) is 3.48. The molecule has 1 aliphatic carbocycles. The number of ether oxygens (including phenoxy) is 1. The quantitative estimate of drug-likeness (QED) is 0.356. The van der Waals surface area contributed by atoms with Gasteiger partial charge in [0.05, 0.1) is 20.5 Å². The smallest absolute Gasteiger partial charge is 0.329 e. The van der Waals surface area contributed by atoms with Gasteiger partial charge < -0.3 is 10.1 Å². The predicted molar refractivity (Wildman–Crippen MR) is 145 cm³/mol. The van der Waals surface area contributed by atoms with Crippen molar-refractivity contribution in [3.8, 4) is 10.4 Å². The maximum atomic E-state index is 12.9. The van der Waals surface area contributed by atoms with Gasteiger partial charge >= 0.3 is 12.0 Å². The van der Waals surface area contributed by atoms with Gasteiger partial charge in [0, 0.05) is 12.7 Å². The van der Waals surface area contributed by atoms with Gasteiger partial charge in [0.1, 0.15) is 12.1 Å². The summed E-state index contributed by atoms with van der Waals surface area (Å²) in [5.74, 6) is -0.462. The van der Waals surface area contributed by atoms with E-state index in [9.17, 15) is 18.0 Å². The van der Waals surface area contributed by atoms with E-state index >= 15 is 0 Å². The highest BCUT2D eigenvalue weighted by atomic mass is 35.5. The summed E-state index contributed by atoms with van der Waals surface area (Å²) in [7, 11) is -3.52. The molecule has 3 aromatic rings. The molecule has 1 fully saturated rings. The number of nitrogens with one attached hydrogen (secondary N) is 2. The lowest BCUT2D eigenvalue weighted by atomic mass is 10.1. The molecule has 4 rings (SSSR count). The second-order valence-corrected chi connectivity index (χ2v) is 12.4. The lowest BCUT2D eigenvalue weighted by Crippen LogP contribution is -2.46. The molecule has 2 N–H and O–H groups in total. The molecule has 0 aliphatic heterocycles. The normalized spacial score (nSPS) is 14.8. The van der Waals surface area contributed by atoms with E-state index in [4.69, 9.17) is 16.3 Å². The number of aromatic nitrogens is 1. The van der Waals surface area contributed by atoms with Crippen LogP contribution in [0.2, 0.25) is 5.02 Å². The Bertz CT molecular complexity index is 1390. The minimum atomic E-state index is -3.52. The summed E-state index contributed by atoms with van der Waals surface area (Å²) < 4.78 is 29.8. The molecule has 0 spiro atoms. The Hall–Kier alpha value is -2.95. The van der Waals surface area contributed by atoms with E-state index in [2.05, 4.69) is 15.6 Å². The van der Waals surface area contributed by atoms with Gasteiger partial charge in [0.25, 0.3) is 0 Å². The number of benzene rings is 2. The van der Waals surface area contributed by atoms with E-state index in [1.807, 2.05) is 30.3 Å². The van der Waals surface area contributed by atoms with Crippen LogP contribution in [0.5, 0.6) is 0 Å². The number of anilines is 1. The van der Waals surface area contributed by atoms with Gasteiger partial charge in [0.15, 0.2) is 15.0 Å². The SMILES string of the molecule is Cc1nc(NC(=O)N[C@@H](Cc2ccccc2)C(=O)OC2CCCC2)sc1-c1ccc(Cl)c(S(C)(=O)=O)c1. The van der Waals surface area contributed by atoms with Crippen molar-refractivity contribution in [1.82, 2.24) is 10.3 Å². The fourth-order valence-electron chi connectivity index (χ4n) is 4.23. The number of sulfone groups is 1. The number of carbonyl (C=O) groups excluding carboxylic acids is 2. The number of hydrogen-bond acceptors (Lipinski definition) is 7. The number of nitrogens with zero attached hydrogens (tertiary/aromatic N) is 1. The van der Waals surface area contributed by atoms with Crippen molar-refractivity contribution in [2.45, 2.75) is 56.1 Å². The van der Waals surface area contributed by atoms with Gasteiger partial charge in [-0.05, 0) is 55.9 Å². The number of thiazole rings is 1. The molecular weight excluding hydrogens is 534 g/mol. The fraction of sp³-hybridized carbons (Fsp3) is 0.346. The first kappa shape index (κ1) is 27.1. The molecule has 0 radical (unpaired) electrons. The van der Waals surface area contributed by atoms with Gasteiger partial charge in [-0.25, -0.2) is 23.0 Å². The fourth-order valence-corrected chi connectivity index (χ4v) is 6.49. The molecule has 11 heteroatoms. The van der Waals surface area contributed by atoms with E-state index in [0.717, 1.165) is 37.5 Å². The summed E-state index contributed by atoms with van der Waals surface area (Å²) in [4.78, 5) is 30.9. The van der Waals surface area contributed by atoms with Crippen LogP contribution < -0.4 is 10.6 Å². The Labute approximate surface area is 225 Å². The molecular formula is C26H28ClN3O5S2. The van der Waals surface area contributed by atoms with Crippen molar-refractivity contribution in [3.05, 3.63) is 64.8 Å². The molecule has 1 aromatic heterocycles. The molecule has 0 unspecified atom stereocenters. The van der Waals surface area contributed by atoms with Crippen LogP contribution in [0.15, 0.2) is 53.4 Å². The molecule has 0 bridgehead atoms. The summed E-state index contributed by atoms with van der Waals surface area (Å²) in [6.07, 6.45) is 5.00. The Morgan fingerprint density at radius 1 is 1.16 bits per heavy atom. The first-order valence-corrected chi connectivity index (χ1v) is 15.0. The van der Waals surface area contributed by atoms with E-state index in [-0.39, 0.29) is 16.0 Å². The number of carbonyl (C=O) groups is 2. The van der Waals surface area contributed by atoms with Gasteiger partial charge in [-0.2, -0.15) is 0 Å². The monoisotopic (exact) mass is 561 g/mol. The largest absolute Gasteiger partial charge is 0.461 e. The third-order valence-corrected chi connectivity index (χ3v) is 8.77. The number of halogens is 1. The minimum Gasteiger partial charge on any atom is -0.461 e. The Balaban J connectivity index is 1.49. The summed E-state index contributed by atoms with van der Waals surface area (Å²) >= 11 is 7.27. The predicted octanol–water partition coefficient (Wildman–Crippen LogP) is 5.39. The second kappa shape index (κ2) is 11.6. The van der Waals surface area contributed by atoms with Gasteiger partial charge in [-0.15, -0.1) is 0 Å². The van der Waals surface area contributed by atoms with Gasteiger partial charge in [-0.1, -0.05) is 59.3 Å². The van der Waals surface area contributed by atoms with Crippen LogP contribution in [-0.4, -0.2) is 43.8 Å². The van der Waals surface area contributed by atoms with Gasteiger partial charge in [0.2, 0.25) is 0 Å². The molecule has 8 nitrogen and oxygen atoms in total. The van der Waals surface area contributed by atoms with Crippen LogP contribution >= 0.6 is 22.9 Å². The van der Waals surface area contributed by atoms with Crippen LogP contribution in [0.1, 0.15) is 36.9 Å². The topological polar surface area (TPSA) is 114 Å². The zero-order chi connectivity index (χ0) is 26.6. The zero-order valence-electron chi connectivity index (χ0n) is 20.5. The van der Waals surface area contributed by atoms with E-state index in [1.54, 1.807) is 13.0 Å². The number of aryl methyl sites for hydroxylation is 1. The van der Waals surface area contributed by atoms with Crippen molar-refractivity contribution in [3.63, 3.8) is 0 Å². The lowest BCUT2D eigenvalue weighted by Gasteiger charge is -2.20. The van der Waals surface area contributed by atoms with Crippen molar-refractivity contribution in [2.24, 2.45) is 0 Å². The molecule has 1 saturated carbocycles. The first-order valence-electron chi connectivity index (χ1n) is 11.9. The molecule has 0 saturated heterocycles. The molecule has 196 valence electrons. The highest BCUT2D eigenvalue weighted by Gasteiger charge is 2.27. The first-order chi connectivity index (χ1) is 17.6. The zero-order valence-corrected chi connectivity index (χ0v) is 22.9. The number of rotatable bonds is 8. The van der Waals surface area contributed by atoms with Crippen molar-refractivity contribution in [2.75, 3.05) is 11.6 Å². The molecule has 1 heterocycles. The second-order valence-electron chi connectivity index (χ2n) is 9.04. The number of hydrogen-bond donors (Lipinski definition) is 2. The average molecular weight is 562 g/mol. The van der Waals surface area contributed by atoms with Crippen LogP contribution in [-0.2, 0) is 25.8 Å². The van der Waals surface area contributed by atoms with Crippen LogP contribution in [0.3, 0.4) is 0 Å². The number of urea groups is 1. The van der Waals surface area contributed by atoms with Crippen LogP contribution in [0.4, 0.5) is 9.93 Å². The summed E-state index contributed by atoms with van der Waals surface area (Å²) in [5, 5.41) is 5.88. The number of amides is 2. The maximum Gasteiger partial charge on any atom is 0.329 e. The molecule has 2 amide bonds. The van der Waals surface area contributed by atoms with Crippen LogP contribution in [0.25, 0.3) is 10.4 Å². The van der Waals surface area contributed by atoms with E-state index < -0.39 is 27.9 Å². The Morgan fingerprint density at radius 2 is 1.86 bits per heavy atom.